The van der Waals surface area contributed by atoms with Crippen LogP contribution in [0.4, 0.5) is 0 Å². The highest BCUT2D eigenvalue weighted by Crippen LogP contribution is 2.20. The van der Waals surface area contributed by atoms with Crippen molar-refractivity contribution in [2.75, 3.05) is 0 Å². The lowest BCUT2D eigenvalue weighted by molar-refractivity contribution is 0.0952. The van der Waals surface area contributed by atoms with Crippen molar-refractivity contribution in [3.05, 3.63) is 68.1 Å². The summed E-state index contributed by atoms with van der Waals surface area (Å²) in [6.45, 7) is 0.992. The SMILES string of the molecule is NNC(=O)c1ccc(COCc2ccc(Br)cc2)c(Br)c1. The number of rotatable bonds is 5. The number of nitrogens with two attached hydrogens (primary N) is 1. The second-order valence-corrected chi connectivity index (χ2v) is 6.17. The first-order chi connectivity index (χ1) is 10.1. The van der Waals surface area contributed by atoms with Crippen molar-refractivity contribution in [2.24, 2.45) is 5.84 Å². The summed E-state index contributed by atoms with van der Waals surface area (Å²) >= 11 is 6.83. The quantitative estimate of drug-likeness (QED) is 0.447. The van der Waals surface area contributed by atoms with Crippen LogP contribution in [0.25, 0.3) is 0 Å². The third-order valence-electron chi connectivity index (χ3n) is 2.89. The lowest BCUT2D eigenvalue weighted by Crippen LogP contribution is -2.29. The number of nitrogens with one attached hydrogen (secondary N) is 1. The predicted molar refractivity (Wildman–Crippen MR) is 88.4 cm³/mol. The fraction of sp³-hybridized carbons (Fsp3) is 0.133. The summed E-state index contributed by atoms with van der Waals surface area (Å²) in [5.41, 5.74) is 4.68. The normalized spacial score (nSPS) is 10.4. The molecule has 0 aromatic heterocycles. The molecule has 21 heavy (non-hydrogen) atoms. The monoisotopic (exact) mass is 412 g/mol. The number of halogens is 2. The van der Waals surface area contributed by atoms with E-state index in [1.807, 2.05) is 30.3 Å². The fourth-order valence-electron chi connectivity index (χ4n) is 1.75. The maximum atomic E-state index is 11.4. The zero-order chi connectivity index (χ0) is 15.2. The molecule has 0 radical (unpaired) electrons. The number of carbonyl (C=O) groups is 1. The molecule has 0 spiro atoms. The summed E-state index contributed by atoms with van der Waals surface area (Å²) in [5, 5.41) is 0. The van der Waals surface area contributed by atoms with Crippen LogP contribution in [0.2, 0.25) is 0 Å². The molecule has 0 aliphatic rings. The van der Waals surface area contributed by atoms with E-state index in [1.165, 1.54) is 0 Å². The van der Waals surface area contributed by atoms with Gasteiger partial charge in [-0.1, -0.05) is 50.1 Å². The van der Waals surface area contributed by atoms with Crippen LogP contribution < -0.4 is 11.3 Å². The Hall–Kier alpha value is -1.21. The minimum absolute atomic E-state index is 0.321. The Balaban J connectivity index is 1.94. The smallest absolute Gasteiger partial charge is 0.265 e. The molecule has 0 bridgehead atoms. The summed E-state index contributed by atoms with van der Waals surface area (Å²) in [6, 6.07) is 13.3. The van der Waals surface area contributed by atoms with E-state index < -0.39 is 0 Å². The third kappa shape index (κ3) is 4.64. The van der Waals surface area contributed by atoms with Gasteiger partial charge >= 0.3 is 0 Å². The number of benzene rings is 2. The highest BCUT2D eigenvalue weighted by Gasteiger charge is 2.07. The number of amides is 1. The van der Waals surface area contributed by atoms with E-state index in [4.69, 9.17) is 10.6 Å². The molecule has 0 aliphatic heterocycles. The molecule has 0 saturated heterocycles. The van der Waals surface area contributed by atoms with Crippen molar-refractivity contribution in [3.8, 4) is 0 Å². The number of carbonyl (C=O) groups excluding carboxylic acids is 1. The van der Waals surface area contributed by atoms with Gasteiger partial charge in [0.05, 0.1) is 13.2 Å². The zero-order valence-electron chi connectivity index (χ0n) is 11.1. The van der Waals surface area contributed by atoms with E-state index in [9.17, 15) is 4.79 Å². The summed E-state index contributed by atoms with van der Waals surface area (Å²) < 4.78 is 7.55. The molecule has 2 rings (SSSR count). The van der Waals surface area contributed by atoms with Gasteiger partial charge in [-0.15, -0.1) is 0 Å². The largest absolute Gasteiger partial charge is 0.372 e. The van der Waals surface area contributed by atoms with E-state index in [0.29, 0.717) is 18.8 Å². The Kier molecular flexibility index (Phi) is 5.93. The summed E-state index contributed by atoms with van der Waals surface area (Å²) in [4.78, 5) is 11.4. The molecule has 0 heterocycles. The van der Waals surface area contributed by atoms with Crippen LogP contribution in [0, 0.1) is 0 Å². The molecule has 0 saturated carbocycles. The maximum absolute atomic E-state index is 11.4. The molecular weight excluding hydrogens is 400 g/mol. The van der Waals surface area contributed by atoms with E-state index in [2.05, 4.69) is 37.3 Å². The molecule has 0 unspecified atom stereocenters. The molecule has 4 nitrogen and oxygen atoms in total. The van der Waals surface area contributed by atoms with E-state index in [-0.39, 0.29) is 5.91 Å². The van der Waals surface area contributed by atoms with Crippen molar-refractivity contribution in [2.45, 2.75) is 13.2 Å². The summed E-state index contributed by atoms with van der Waals surface area (Å²) in [7, 11) is 0. The Morgan fingerprint density at radius 1 is 1.10 bits per heavy atom. The van der Waals surface area contributed by atoms with Gasteiger partial charge in [0.2, 0.25) is 0 Å². The minimum Gasteiger partial charge on any atom is -0.372 e. The average molecular weight is 414 g/mol. The third-order valence-corrected chi connectivity index (χ3v) is 4.15. The lowest BCUT2D eigenvalue weighted by atomic mass is 10.1. The second kappa shape index (κ2) is 7.70. The molecule has 0 fully saturated rings. The van der Waals surface area contributed by atoms with Gasteiger partial charge in [0.15, 0.2) is 0 Å². The molecule has 2 aromatic rings. The standard InChI is InChI=1S/C15H14Br2N2O2/c16-13-5-1-10(2-6-13)8-21-9-12-4-3-11(7-14(12)17)15(20)19-18/h1-7H,8-9,18H2,(H,19,20). The Labute approximate surface area is 139 Å². The van der Waals surface area contributed by atoms with Crippen LogP contribution in [0.3, 0.4) is 0 Å². The molecule has 1 amide bonds. The van der Waals surface area contributed by atoms with Gasteiger partial charge < -0.3 is 4.74 Å². The first kappa shape index (κ1) is 16.2. The highest BCUT2D eigenvalue weighted by molar-refractivity contribution is 9.10. The van der Waals surface area contributed by atoms with Gasteiger partial charge in [0.1, 0.15) is 0 Å². The van der Waals surface area contributed by atoms with Gasteiger partial charge in [-0.05, 0) is 35.4 Å². The predicted octanol–water partition coefficient (Wildman–Crippen LogP) is 3.53. The van der Waals surface area contributed by atoms with Gasteiger partial charge in [0, 0.05) is 14.5 Å². The number of hydrogen-bond donors (Lipinski definition) is 2. The van der Waals surface area contributed by atoms with Crippen LogP contribution >= 0.6 is 31.9 Å². The number of ether oxygens (including phenoxy) is 1. The first-order valence-corrected chi connectivity index (χ1v) is 7.80. The van der Waals surface area contributed by atoms with Gasteiger partial charge in [-0.25, -0.2) is 5.84 Å². The molecule has 3 N–H and O–H groups in total. The summed E-state index contributed by atoms with van der Waals surface area (Å²) in [5.74, 6) is 4.78. The molecule has 0 atom stereocenters. The van der Waals surface area contributed by atoms with Crippen LogP contribution in [-0.2, 0) is 18.0 Å². The molecule has 0 aliphatic carbocycles. The van der Waals surface area contributed by atoms with E-state index >= 15 is 0 Å². The molecule has 2 aromatic carbocycles. The van der Waals surface area contributed by atoms with Crippen LogP contribution in [0.1, 0.15) is 21.5 Å². The number of hydrazine groups is 1. The highest BCUT2D eigenvalue weighted by atomic mass is 79.9. The Morgan fingerprint density at radius 3 is 2.43 bits per heavy atom. The lowest BCUT2D eigenvalue weighted by Gasteiger charge is -2.08. The van der Waals surface area contributed by atoms with E-state index in [0.717, 1.165) is 20.1 Å². The fourth-order valence-corrected chi connectivity index (χ4v) is 2.51. The van der Waals surface area contributed by atoms with Crippen molar-refractivity contribution < 1.29 is 9.53 Å². The minimum atomic E-state index is -0.321. The molecule has 6 heteroatoms. The average Bonchev–Trinajstić information content (AvgIpc) is 2.50. The number of nitrogen functional groups attached to an aromatic ring is 1. The van der Waals surface area contributed by atoms with Gasteiger partial charge in [-0.3, -0.25) is 10.2 Å². The van der Waals surface area contributed by atoms with Crippen LogP contribution in [-0.4, -0.2) is 5.91 Å². The first-order valence-electron chi connectivity index (χ1n) is 6.21. The van der Waals surface area contributed by atoms with Crippen LogP contribution in [0.15, 0.2) is 51.4 Å². The Morgan fingerprint density at radius 2 is 1.81 bits per heavy atom. The van der Waals surface area contributed by atoms with Crippen molar-refractivity contribution >= 4 is 37.8 Å². The number of hydrogen-bond acceptors (Lipinski definition) is 3. The van der Waals surface area contributed by atoms with E-state index in [1.54, 1.807) is 12.1 Å². The Bertz CT molecular complexity index is 630. The van der Waals surface area contributed by atoms with Gasteiger partial charge in [-0.2, -0.15) is 0 Å². The maximum Gasteiger partial charge on any atom is 0.265 e. The van der Waals surface area contributed by atoms with Crippen molar-refractivity contribution in [1.29, 1.82) is 0 Å². The van der Waals surface area contributed by atoms with Crippen molar-refractivity contribution in [1.82, 2.24) is 5.43 Å². The second-order valence-electron chi connectivity index (χ2n) is 4.40. The zero-order valence-corrected chi connectivity index (χ0v) is 14.3. The molecule has 110 valence electrons. The molecular formula is C15H14Br2N2O2. The van der Waals surface area contributed by atoms with Gasteiger partial charge in [0.25, 0.3) is 5.91 Å². The van der Waals surface area contributed by atoms with Crippen molar-refractivity contribution in [3.63, 3.8) is 0 Å². The summed E-state index contributed by atoms with van der Waals surface area (Å²) in [6.07, 6.45) is 0. The van der Waals surface area contributed by atoms with Crippen LogP contribution in [0.5, 0.6) is 0 Å². The topological polar surface area (TPSA) is 64.3 Å².